The predicted molar refractivity (Wildman–Crippen MR) is 50.5 cm³/mol. The van der Waals surface area contributed by atoms with Gasteiger partial charge in [0.2, 0.25) is 0 Å². The number of hydrogen-bond donors (Lipinski definition) is 1. The third-order valence-electron chi connectivity index (χ3n) is 1.48. The fourth-order valence-corrected chi connectivity index (χ4v) is 1.12. The van der Waals surface area contributed by atoms with Gasteiger partial charge in [-0.05, 0) is 25.1 Å². The number of carbonyl (C=O) groups excluding carboxylic acids is 1. The molecule has 3 nitrogen and oxygen atoms in total. The van der Waals surface area contributed by atoms with E-state index in [4.69, 9.17) is 11.6 Å². The van der Waals surface area contributed by atoms with Gasteiger partial charge in [-0.25, -0.2) is 9.87 Å². The van der Waals surface area contributed by atoms with Crippen molar-refractivity contribution in [3.8, 4) is 0 Å². The topological polar surface area (TPSA) is 38.3 Å². The zero-order valence-electron chi connectivity index (χ0n) is 7.51. The molecule has 0 radical (unpaired) electrons. The highest BCUT2D eigenvalue weighted by Crippen LogP contribution is 2.16. The molecule has 1 N–H and O–H groups in total. The summed E-state index contributed by atoms with van der Waals surface area (Å²) in [7, 11) is 0. The lowest BCUT2D eigenvalue weighted by Gasteiger charge is -2.04. The Morgan fingerprint density at radius 2 is 2.36 bits per heavy atom. The molecule has 0 saturated carbocycles. The Balaban J connectivity index is 2.80. The van der Waals surface area contributed by atoms with Crippen LogP contribution < -0.4 is 5.48 Å². The molecule has 14 heavy (non-hydrogen) atoms. The third-order valence-corrected chi connectivity index (χ3v) is 1.80. The molecule has 5 heteroatoms. The van der Waals surface area contributed by atoms with Gasteiger partial charge in [-0.3, -0.25) is 9.63 Å². The van der Waals surface area contributed by atoms with Crippen molar-refractivity contribution in [2.75, 3.05) is 6.61 Å². The van der Waals surface area contributed by atoms with Crippen LogP contribution in [-0.2, 0) is 4.84 Å². The third kappa shape index (κ3) is 2.68. The van der Waals surface area contributed by atoms with Crippen molar-refractivity contribution in [3.05, 3.63) is 34.6 Å². The summed E-state index contributed by atoms with van der Waals surface area (Å²) in [5.41, 5.74) is 2.35. The highest BCUT2D eigenvalue weighted by atomic mass is 35.5. The van der Waals surface area contributed by atoms with E-state index in [1.54, 1.807) is 6.92 Å². The van der Waals surface area contributed by atoms with Crippen molar-refractivity contribution in [2.45, 2.75) is 6.92 Å². The quantitative estimate of drug-likeness (QED) is 0.788. The van der Waals surface area contributed by atoms with Crippen molar-refractivity contribution in [2.24, 2.45) is 0 Å². The van der Waals surface area contributed by atoms with E-state index in [1.807, 2.05) is 0 Å². The number of hydroxylamine groups is 1. The Hall–Kier alpha value is -1.13. The van der Waals surface area contributed by atoms with Crippen LogP contribution in [0.25, 0.3) is 0 Å². The van der Waals surface area contributed by atoms with Gasteiger partial charge in [0.1, 0.15) is 5.82 Å². The maximum atomic E-state index is 12.6. The predicted octanol–water partition coefficient (Wildman–Crippen LogP) is 2.16. The van der Waals surface area contributed by atoms with Crippen LogP contribution >= 0.6 is 11.6 Å². The molecule has 0 aliphatic rings. The van der Waals surface area contributed by atoms with E-state index >= 15 is 0 Å². The first kappa shape index (κ1) is 10.9. The number of nitrogens with one attached hydrogen (secondary N) is 1. The van der Waals surface area contributed by atoms with Gasteiger partial charge >= 0.3 is 0 Å². The number of amides is 1. The number of rotatable bonds is 3. The van der Waals surface area contributed by atoms with E-state index < -0.39 is 11.7 Å². The average molecular weight is 218 g/mol. The van der Waals surface area contributed by atoms with Gasteiger partial charge in [0.05, 0.1) is 17.2 Å². The molecule has 1 amide bonds. The summed E-state index contributed by atoms with van der Waals surface area (Å²) >= 11 is 5.65. The Bertz CT molecular complexity index is 344. The first-order chi connectivity index (χ1) is 6.65. The van der Waals surface area contributed by atoms with Gasteiger partial charge in [-0.2, -0.15) is 0 Å². The van der Waals surface area contributed by atoms with Crippen LogP contribution in [0, 0.1) is 5.82 Å². The Kier molecular flexibility index (Phi) is 3.85. The fraction of sp³-hybridized carbons (Fsp3) is 0.222. The van der Waals surface area contributed by atoms with Crippen LogP contribution in [0.4, 0.5) is 4.39 Å². The highest BCUT2D eigenvalue weighted by molar-refractivity contribution is 6.33. The van der Waals surface area contributed by atoms with Gasteiger partial charge in [-0.15, -0.1) is 0 Å². The molecule has 0 aromatic heterocycles. The molecular formula is C9H9ClFNO2. The molecule has 1 aromatic carbocycles. The van der Waals surface area contributed by atoms with E-state index in [0.29, 0.717) is 6.61 Å². The van der Waals surface area contributed by atoms with Crippen LogP contribution in [0.2, 0.25) is 5.02 Å². The molecule has 0 saturated heterocycles. The monoisotopic (exact) mass is 217 g/mol. The largest absolute Gasteiger partial charge is 0.276 e. The van der Waals surface area contributed by atoms with Crippen LogP contribution in [0.1, 0.15) is 17.3 Å². The fourth-order valence-electron chi connectivity index (χ4n) is 0.866. The Morgan fingerprint density at radius 3 is 2.93 bits per heavy atom. The summed E-state index contributed by atoms with van der Waals surface area (Å²) in [6, 6.07) is 3.53. The van der Waals surface area contributed by atoms with E-state index in [2.05, 4.69) is 10.3 Å². The number of benzene rings is 1. The standard InChI is InChI=1S/C9H9ClFNO2/c1-2-14-12-9(13)7-4-3-6(11)5-8(7)10/h3-5H,2H2,1H3,(H,12,13). The van der Waals surface area contributed by atoms with Crippen LogP contribution in [0.15, 0.2) is 18.2 Å². The molecule has 0 atom stereocenters. The van der Waals surface area contributed by atoms with Crippen molar-refractivity contribution >= 4 is 17.5 Å². The maximum Gasteiger partial charge on any atom is 0.276 e. The van der Waals surface area contributed by atoms with Crippen molar-refractivity contribution < 1.29 is 14.0 Å². The summed E-state index contributed by atoms with van der Waals surface area (Å²) in [4.78, 5) is 16.0. The zero-order valence-corrected chi connectivity index (χ0v) is 8.27. The minimum Gasteiger partial charge on any atom is -0.274 e. The Morgan fingerprint density at radius 1 is 1.64 bits per heavy atom. The second-order valence-electron chi connectivity index (χ2n) is 2.49. The average Bonchev–Trinajstić information content (AvgIpc) is 2.14. The molecular weight excluding hydrogens is 209 g/mol. The first-order valence-electron chi connectivity index (χ1n) is 4.02. The van der Waals surface area contributed by atoms with Crippen molar-refractivity contribution in [1.29, 1.82) is 0 Å². The van der Waals surface area contributed by atoms with E-state index in [0.717, 1.165) is 12.1 Å². The minimum absolute atomic E-state index is 0.0576. The number of halogens is 2. The molecule has 0 bridgehead atoms. The molecule has 0 aliphatic carbocycles. The van der Waals surface area contributed by atoms with Crippen LogP contribution in [0.5, 0.6) is 0 Å². The molecule has 1 rings (SSSR count). The van der Waals surface area contributed by atoms with E-state index in [-0.39, 0.29) is 10.6 Å². The summed E-state index contributed by atoms with van der Waals surface area (Å²) in [6.07, 6.45) is 0. The van der Waals surface area contributed by atoms with Gasteiger partial charge in [-0.1, -0.05) is 11.6 Å². The maximum absolute atomic E-state index is 12.6. The van der Waals surface area contributed by atoms with Crippen LogP contribution in [0.3, 0.4) is 0 Å². The first-order valence-corrected chi connectivity index (χ1v) is 4.40. The molecule has 1 aromatic rings. The van der Waals surface area contributed by atoms with Crippen molar-refractivity contribution in [3.63, 3.8) is 0 Å². The van der Waals surface area contributed by atoms with Gasteiger partial charge < -0.3 is 0 Å². The highest BCUT2D eigenvalue weighted by Gasteiger charge is 2.10. The zero-order chi connectivity index (χ0) is 10.6. The molecule has 0 unspecified atom stereocenters. The van der Waals surface area contributed by atoms with Gasteiger partial charge in [0.25, 0.3) is 5.91 Å². The lowest BCUT2D eigenvalue weighted by Crippen LogP contribution is -2.23. The molecule has 0 aliphatic heterocycles. The van der Waals surface area contributed by atoms with E-state index in [1.165, 1.54) is 6.07 Å². The number of hydrogen-bond acceptors (Lipinski definition) is 2. The Labute approximate surface area is 85.8 Å². The summed E-state index contributed by atoms with van der Waals surface area (Å²) in [5.74, 6) is -0.972. The summed E-state index contributed by atoms with van der Waals surface area (Å²) in [6.45, 7) is 2.08. The smallest absolute Gasteiger partial charge is 0.274 e. The molecule has 0 heterocycles. The minimum atomic E-state index is -0.489. The molecule has 76 valence electrons. The lowest BCUT2D eigenvalue weighted by atomic mass is 10.2. The second kappa shape index (κ2) is 4.93. The van der Waals surface area contributed by atoms with Crippen LogP contribution in [-0.4, -0.2) is 12.5 Å². The van der Waals surface area contributed by atoms with E-state index in [9.17, 15) is 9.18 Å². The summed E-state index contributed by atoms with van der Waals surface area (Å²) in [5, 5.41) is 0.0576. The summed E-state index contributed by atoms with van der Waals surface area (Å²) < 4.78 is 12.6. The number of carbonyl (C=O) groups is 1. The van der Waals surface area contributed by atoms with Crippen molar-refractivity contribution in [1.82, 2.24) is 5.48 Å². The van der Waals surface area contributed by atoms with Gasteiger partial charge in [0, 0.05) is 0 Å². The lowest BCUT2D eigenvalue weighted by molar-refractivity contribution is 0.0364. The second-order valence-corrected chi connectivity index (χ2v) is 2.90. The molecule has 0 spiro atoms. The molecule has 0 fully saturated rings. The van der Waals surface area contributed by atoms with Gasteiger partial charge in [0.15, 0.2) is 0 Å². The normalized spacial score (nSPS) is 9.93. The SMILES string of the molecule is CCONC(=O)c1ccc(F)cc1Cl.